The second kappa shape index (κ2) is 8.26. The molecule has 3 rings (SSSR count). The van der Waals surface area contributed by atoms with Gasteiger partial charge >= 0.3 is 6.36 Å². The molecule has 1 aromatic carbocycles. The largest absolute Gasteiger partial charge is 0.573 e. The van der Waals surface area contributed by atoms with E-state index in [1.54, 1.807) is 6.92 Å². The van der Waals surface area contributed by atoms with E-state index in [1.807, 2.05) is 0 Å². The molecular formula is C20H19F4N3O5. The predicted molar refractivity (Wildman–Crippen MR) is 101 cm³/mol. The molecule has 0 unspecified atom stereocenters. The van der Waals surface area contributed by atoms with E-state index >= 15 is 0 Å². The van der Waals surface area contributed by atoms with Crippen LogP contribution in [0.2, 0.25) is 0 Å². The number of carbonyl (C=O) groups is 1. The SMILES string of the molecule is Cc1cc(-c2onc(C)c2C(=O)N[C@@H](c2ccc(OC(F)(F)F)c(F)c2)C(C)(C)O)no1. The fourth-order valence-electron chi connectivity index (χ4n) is 3.06. The second-order valence-electron chi connectivity index (χ2n) is 7.59. The molecule has 12 heteroatoms. The van der Waals surface area contributed by atoms with Crippen LogP contribution in [0.3, 0.4) is 0 Å². The Balaban J connectivity index is 1.94. The Morgan fingerprint density at radius 3 is 2.38 bits per heavy atom. The Morgan fingerprint density at radius 1 is 1.16 bits per heavy atom. The lowest BCUT2D eigenvalue weighted by Crippen LogP contribution is -2.42. The first-order valence-corrected chi connectivity index (χ1v) is 9.24. The summed E-state index contributed by atoms with van der Waals surface area (Å²) < 4.78 is 65.2. The van der Waals surface area contributed by atoms with E-state index in [1.165, 1.54) is 26.8 Å². The standard InChI is InChI=1S/C20H19F4N3O5/c1-9-7-13(27-31-9)16-15(10(2)26-32-16)18(28)25-17(19(3,4)29)11-5-6-14(12(21)8-11)30-20(22,23)24/h5-8,17,29H,1-4H3,(H,25,28)/t17-/m0/s1. The van der Waals surface area contributed by atoms with Crippen LogP contribution in [0.15, 0.2) is 33.3 Å². The molecule has 0 bridgehead atoms. The third kappa shape index (κ3) is 5.07. The van der Waals surface area contributed by atoms with Crippen LogP contribution in [-0.4, -0.2) is 33.3 Å². The van der Waals surface area contributed by atoms with Gasteiger partial charge in [0.05, 0.1) is 17.3 Å². The van der Waals surface area contributed by atoms with Gasteiger partial charge in [-0.1, -0.05) is 16.4 Å². The number of hydrogen-bond acceptors (Lipinski definition) is 7. The summed E-state index contributed by atoms with van der Waals surface area (Å²) in [5.41, 5.74) is -1.19. The van der Waals surface area contributed by atoms with Crippen molar-refractivity contribution in [3.63, 3.8) is 0 Å². The van der Waals surface area contributed by atoms with E-state index in [0.717, 1.165) is 18.2 Å². The zero-order valence-corrected chi connectivity index (χ0v) is 17.4. The number of aryl methyl sites for hydroxylation is 2. The molecule has 0 aliphatic carbocycles. The van der Waals surface area contributed by atoms with E-state index < -0.39 is 35.5 Å². The normalized spacial score (nSPS) is 13.2. The first kappa shape index (κ1) is 23.3. The maximum absolute atomic E-state index is 14.2. The van der Waals surface area contributed by atoms with E-state index in [0.29, 0.717) is 5.76 Å². The number of ether oxygens (including phenoxy) is 1. The monoisotopic (exact) mass is 457 g/mol. The predicted octanol–water partition coefficient (Wildman–Crippen LogP) is 4.23. The van der Waals surface area contributed by atoms with Crippen molar-refractivity contribution in [2.75, 3.05) is 0 Å². The number of nitrogens with zero attached hydrogens (tertiary/aromatic N) is 2. The molecule has 0 radical (unpaired) electrons. The Labute approximate surface area is 179 Å². The number of amides is 1. The lowest BCUT2D eigenvalue weighted by Gasteiger charge is -2.30. The highest BCUT2D eigenvalue weighted by atomic mass is 19.4. The van der Waals surface area contributed by atoms with Crippen LogP contribution < -0.4 is 10.1 Å². The number of halogens is 4. The molecule has 1 atom stereocenters. The Hall–Kier alpha value is -3.41. The molecule has 0 fully saturated rings. The van der Waals surface area contributed by atoms with Crippen molar-refractivity contribution in [3.05, 3.63) is 52.7 Å². The van der Waals surface area contributed by atoms with Crippen LogP contribution in [0.5, 0.6) is 5.75 Å². The number of hydrogen-bond donors (Lipinski definition) is 2. The molecule has 172 valence electrons. The van der Waals surface area contributed by atoms with Crippen LogP contribution in [0, 0.1) is 19.7 Å². The highest BCUT2D eigenvalue weighted by molar-refractivity contribution is 6.00. The van der Waals surface area contributed by atoms with Crippen molar-refractivity contribution in [1.29, 1.82) is 0 Å². The second-order valence-corrected chi connectivity index (χ2v) is 7.59. The molecule has 8 nitrogen and oxygen atoms in total. The molecule has 0 aliphatic heterocycles. The van der Waals surface area contributed by atoms with Crippen LogP contribution >= 0.6 is 0 Å². The third-order valence-corrected chi connectivity index (χ3v) is 4.45. The quantitative estimate of drug-likeness (QED) is 0.533. The summed E-state index contributed by atoms with van der Waals surface area (Å²) >= 11 is 0. The first-order chi connectivity index (χ1) is 14.8. The number of alkyl halides is 3. The average Bonchev–Trinajstić information content (AvgIpc) is 3.25. The maximum atomic E-state index is 14.2. The zero-order chi connectivity index (χ0) is 23.8. The fraction of sp³-hybridized carbons (Fsp3) is 0.350. The van der Waals surface area contributed by atoms with Gasteiger partial charge in [0.1, 0.15) is 11.3 Å². The number of aromatic nitrogens is 2. The van der Waals surface area contributed by atoms with E-state index in [-0.39, 0.29) is 28.3 Å². The summed E-state index contributed by atoms with van der Waals surface area (Å²) in [6.07, 6.45) is -5.08. The maximum Gasteiger partial charge on any atom is 0.573 e. The lowest BCUT2D eigenvalue weighted by atomic mass is 9.91. The Kier molecular flexibility index (Phi) is 6.00. The summed E-state index contributed by atoms with van der Waals surface area (Å²) in [5.74, 6) is -2.61. The van der Waals surface area contributed by atoms with Gasteiger partial charge < -0.3 is 24.2 Å². The molecule has 2 heterocycles. The molecule has 2 N–H and O–H groups in total. The molecule has 0 saturated heterocycles. The summed E-state index contributed by atoms with van der Waals surface area (Å²) in [6.45, 7) is 5.85. The van der Waals surface area contributed by atoms with Gasteiger partial charge in [-0.3, -0.25) is 4.79 Å². The lowest BCUT2D eigenvalue weighted by molar-refractivity contribution is -0.275. The summed E-state index contributed by atoms with van der Waals surface area (Å²) in [5, 5.41) is 20.7. The minimum Gasteiger partial charge on any atom is -0.403 e. The van der Waals surface area contributed by atoms with E-state index in [9.17, 15) is 27.5 Å². The molecule has 0 aliphatic rings. The number of carbonyl (C=O) groups excluding carboxylic acids is 1. The van der Waals surface area contributed by atoms with Gasteiger partial charge in [-0.05, 0) is 45.4 Å². The fourth-order valence-corrected chi connectivity index (χ4v) is 3.06. The average molecular weight is 457 g/mol. The number of rotatable bonds is 6. The topological polar surface area (TPSA) is 111 Å². The molecule has 2 aromatic heterocycles. The van der Waals surface area contributed by atoms with Crippen molar-refractivity contribution in [1.82, 2.24) is 15.6 Å². The zero-order valence-electron chi connectivity index (χ0n) is 17.4. The summed E-state index contributed by atoms with van der Waals surface area (Å²) in [4.78, 5) is 13.0. The van der Waals surface area contributed by atoms with Gasteiger partial charge in [0, 0.05) is 6.07 Å². The van der Waals surface area contributed by atoms with Crippen LogP contribution in [0.25, 0.3) is 11.5 Å². The Bertz CT molecular complexity index is 1130. The first-order valence-electron chi connectivity index (χ1n) is 9.24. The number of aliphatic hydroxyl groups is 1. The molecule has 32 heavy (non-hydrogen) atoms. The minimum atomic E-state index is -5.08. The van der Waals surface area contributed by atoms with Gasteiger partial charge in [0.2, 0.25) is 5.76 Å². The minimum absolute atomic E-state index is 0.00467. The molecule has 0 saturated carbocycles. The Morgan fingerprint density at radius 2 is 1.84 bits per heavy atom. The van der Waals surface area contributed by atoms with Crippen LogP contribution in [0.1, 0.15) is 47.3 Å². The van der Waals surface area contributed by atoms with Gasteiger partial charge in [-0.2, -0.15) is 0 Å². The number of benzene rings is 1. The molecular weight excluding hydrogens is 438 g/mol. The van der Waals surface area contributed by atoms with Crippen LogP contribution in [-0.2, 0) is 0 Å². The van der Waals surface area contributed by atoms with Gasteiger partial charge in [-0.15, -0.1) is 13.2 Å². The molecule has 0 spiro atoms. The molecule has 3 aromatic rings. The van der Waals surface area contributed by atoms with Gasteiger partial charge in [0.25, 0.3) is 5.91 Å². The third-order valence-electron chi connectivity index (χ3n) is 4.45. The summed E-state index contributed by atoms with van der Waals surface area (Å²) in [6, 6.07) is 2.92. The van der Waals surface area contributed by atoms with Crippen molar-refractivity contribution in [2.45, 2.75) is 45.7 Å². The van der Waals surface area contributed by atoms with Crippen molar-refractivity contribution in [3.8, 4) is 17.2 Å². The summed E-state index contributed by atoms with van der Waals surface area (Å²) in [7, 11) is 0. The van der Waals surface area contributed by atoms with Crippen molar-refractivity contribution < 1.29 is 41.2 Å². The molecule has 1 amide bonds. The van der Waals surface area contributed by atoms with Crippen LogP contribution in [0.4, 0.5) is 17.6 Å². The smallest absolute Gasteiger partial charge is 0.403 e. The van der Waals surface area contributed by atoms with E-state index in [4.69, 9.17) is 9.05 Å². The highest BCUT2D eigenvalue weighted by Gasteiger charge is 2.35. The van der Waals surface area contributed by atoms with E-state index in [2.05, 4.69) is 20.4 Å². The highest BCUT2D eigenvalue weighted by Crippen LogP contribution is 2.33. The van der Waals surface area contributed by atoms with Crippen molar-refractivity contribution in [2.24, 2.45) is 0 Å². The van der Waals surface area contributed by atoms with Gasteiger partial charge in [0.15, 0.2) is 17.3 Å². The van der Waals surface area contributed by atoms with Crippen molar-refractivity contribution >= 4 is 5.91 Å². The number of nitrogens with one attached hydrogen (secondary N) is 1. The van der Waals surface area contributed by atoms with Gasteiger partial charge in [-0.25, -0.2) is 4.39 Å².